The van der Waals surface area contributed by atoms with Crippen molar-refractivity contribution in [2.24, 2.45) is 0 Å². The van der Waals surface area contributed by atoms with Gasteiger partial charge in [-0.15, -0.1) is 11.3 Å². The van der Waals surface area contributed by atoms with E-state index < -0.39 is 0 Å². The van der Waals surface area contributed by atoms with Crippen LogP contribution in [-0.2, 0) is 4.79 Å². The second kappa shape index (κ2) is 7.76. The van der Waals surface area contributed by atoms with Gasteiger partial charge in [0.25, 0.3) is 5.91 Å². The highest BCUT2D eigenvalue weighted by Crippen LogP contribution is 2.33. The summed E-state index contributed by atoms with van der Waals surface area (Å²) in [6.45, 7) is 2.27. The number of nitrogens with zero attached hydrogens (tertiary/aromatic N) is 1. The predicted molar refractivity (Wildman–Crippen MR) is 96.3 cm³/mol. The summed E-state index contributed by atoms with van der Waals surface area (Å²) < 4.78 is 5.39. The number of hydrogen-bond acceptors (Lipinski definition) is 5. The molecule has 3 rings (SSSR count). The summed E-state index contributed by atoms with van der Waals surface area (Å²) in [5.74, 6) is 0.0400. The molecular formula is C18H17N3O3S. The molecule has 0 aliphatic heterocycles. The molecule has 2 N–H and O–H groups in total. The fourth-order valence-electron chi connectivity index (χ4n) is 2.27. The minimum Gasteiger partial charge on any atom is -0.462 e. The molecule has 0 saturated heterocycles. The first-order valence-electron chi connectivity index (χ1n) is 7.84. The molecule has 6 nitrogen and oxygen atoms in total. The van der Waals surface area contributed by atoms with Gasteiger partial charge in [-0.05, 0) is 19.1 Å². The molecule has 0 spiro atoms. The number of furan rings is 1. The van der Waals surface area contributed by atoms with Crippen LogP contribution in [0.1, 0.15) is 16.6 Å². The van der Waals surface area contributed by atoms with Crippen molar-refractivity contribution in [2.45, 2.75) is 6.92 Å². The quantitative estimate of drug-likeness (QED) is 0.712. The van der Waals surface area contributed by atoms with E-state index in [1.165, 1.54) is 11.3 Å². The minimum absolute atomic E-state index is 0.0745. The zero-order chi connectivity index (χ0) is 17.6. The number of carbonyl (C=O) groups excluding carboxylic acids is 2. The van der Waals surface area contributed by atoms with Crippen LogP contribution in [0.5, 0.6) is 0 Å². The van der Waals surface area contributed by atoms with E-state index in [9.17, 15) is 9.59 Å². The third-order valence-electron chi connectivity index (χ3n) is 3.40. The maximum atomic E-state index is 12.6. The SMILES string of the molecule is CCNC(=O)CNC(=O)c1sc(-c2ccco2)nc1-c1ccccc1. The van der Waals surface area contributed by atoms with Gasteiger partial charge in [0.15, 0.2) is 10.8 Å². The van der Waals surface area contributed by atoms with Crippen molar-refractivity contribution in [2.75, 3.05) is 13.1 Å². The third kappa shape index (κ3) is 3.95. The first-order valence-corrected chi connectivity index (χ1v) is 8.65. The molecular weight excluding hydrogens is 338 g/mol. The number of likely N-dealkylation sites (N-methyl/N-ethyl adjacent to an activating group) is 1. The molecule has 3 aromatic rings. The number of benzene rings is 1. The molecule has 0 aliphatic rings. The monoisotopic (exact) mass is 355 g/mol. The van der Waals surface area contributed by atoms with Gasteiger partial charge in [0.05, 0.1) is 18.5 Å². The molecule has 2 heterocycles. The number of carbonyl (C=O) groups is 2. The molecule has 0 unspecified atom stereocenters. The highest BCUT2D eigenvalue weighted by molar-refractivity contribution is 7.17. The average Bonchev–Trinajstić information content (AvgIpc) is 3.30. The Hall–Kier alpha value is -2.93. The van der Waals surface area contributed by atoms with Gasteiger partial charge in [-0.25, -0.2) is 4.98 Å². The van der Waals surface area contributed by atoms with Crippen molar-refractivity contribution in [1.29, 1.82) is 0 Å². The van der Waals surface area contributed by atoms with Crippen LogP contribution in [0.25, 0.3) is 22.0 Å². The van der Waals surface area contributed by atoms with Crippen LogP contribution < -0.4 is 10.6 Å². The molecule has 0 aliphatic carbocycles. The molecule has 0 radical (unpaired) electrons. The topological polar surface area (TPSA) is 84.2 Å². The van der Waals surface area contributed by atoms with Crippen LogP contribution in [0.2, 0.25) is 0 Å². The van der Waals surface area contributed by atoms with Gasteiger partial charge in [-0.2, -0.15) is 0 Å². The Morgan fingerprint density at radius 2 is 1.92 bits per heavy atom. The van der Waals surface area contributed by atoms with E-state index in [4.69, 9.17) is 4.42 Å². The van der Waals surface area contributed by atoms with Crippen LogP contribution in [-0.4, -0.2) is 29.9 Å². The maximum Gasteiger partial charge on any atom is 0.264 e. The van der Waals surface area contributed by atoms with E-state index >= 15 is 0 Å². The van der Waals surface area contributed by atoms with Crippen molar-refractivity contribution in [3.05, 3.63) is 53.6 Å². The lowest BCUT2D eigenvalue weighted by Crippen LogP contribution is -2.36. The number of aromatic nitrogens is 1. The number of thiazole rings is 1. The Kier molecular flexibility index (Phi) is 5.25. The number of nitrogens with one attached hydrogen (secondary N) is 2. The lowest BCUT2D eigenvalue weighted by atomic mass is 10.1. The maximum absolute atomic E-state index is 12.6. The largest absolute Gasteiger partial charge is 0.462 e. The van der Waals surface area contributed by atoms with E-state index in [-0.39, 0.29) is 18.4 Å². The molecule has 7 heteroatoms. The Morgan fingerprint density at radius 1 is 1.12 bits per heavy atom. The second-order valence-electron chi connectivity index (χ2n) is 5.18. The van der Waals surface area contributed by atoms with Gasteiger partial charge in [0.2, 0.25) is 5.91 Å². The third-order valence-corrected chi connectivity index (χ3v) is 4.46. The van der Waals surface area contributed by atoms with Gasteiger partial charge in [0.1, 0.15) is 4.88 Å². The standard InChI is InChI=1S/C18H17N3O3S/c1-2-19-14(22)11-20-17(23)16-15(12-7-4-3-5-8-12)21-18(25-16)13-9-6-10-24-13/h3-10H,2,11H2,1H3,(H,19,22)(H,20,23). The predicted octanol–water partition coefficient (Wildman–Crippen LogP) is 2.94. The van der Waals surface area contributed by atoms with Crippen LogP contribution in [0.4, 0.5) is 0 Å². The number of hydrogen-bond donors (Lipinski definition) is 2. The first kappa shape index (κ1) is 16.9. The molecule has 0 fully saturated rings. The Bertz CT molecular complexity index is 857. The van der Waals surface area contributed by atoms with Crippen molar-refractivity contribution in [3.8, 4) is 22.0 Å². The van der Waals surface area contributed by atoms with Gasteiger partial charge < -0.3 is 15.1 Å². The fraction of sp³-hybridized carbons (Fsp3) is 0.167. The molecule has 25 heavy (non-hydrogen) atoms. The first-order chi connectivity index (χ1) is 12.2. The van der Waals surface area contributed by atoms with E-state index in [0.29, 0.717) is 27.9 Å². The Balaban J connectivity index is 1.91. The van der Waals surface area contributed by atoms with E-state index in [1.54, 1.807) is 18.4 Å². The van der Waals surface area contributed by atoms with Gasteiger partial charge in [-0.3, -0.25) is 9.59 Å². The minimum atomic E-state index is -0.333. The van der Waals surface area contributed by atoms with E-state index in [2.05, 4.69) is 15.6 Å². The van der Waals surface area contributed by atoms with Crippen molar-refractivity contribution >= 4 is 23.2 Å². The molecule has 1 aromatic carbocycles. The fourth-order valence-corrected chi connectivity index (χ4v) is 3.24. The lowest BCUT2D eigenvalue weighted by Gasteiger charge is -2.05. The molecule has 0 saturated carbocycles. The van der Waals surface area contributed by atoms with Crippen LogP contribution in [0.3, 0.4) is 0 Å². The van der Waals surface area contributed by atoms with Crippen LogP contribution >= 0.6 is 11.3 Å². The van der Waals surface area contributed by atoms with Gasteiger partial charge >= 0.3 is 0 Å². The average molecular weight is 355 g/mol. The summed E-state index contributed by atoms with van der Waals surface area (Å²) in [6, 6.07) is 13.0. The second-order valence-corrected chi connectivity index (χ2v) is 6.18. The Morgan fingerprint density at radius 3 is 2.60 bits per heavy atom. The highest BCUT2D eigenvalue weighted by atomic mass is 32.1. The van der Waals surface area contributed by atoms with Crippen molar-refractivity contribution < 1.29 is 14.0 Å². The smallest absolute Gasteiger partial charge is 0.264 e. The van der Waals surface area contributed by atoms with Crippen molar-refractivity contribution in [3.63, 3.8) is 0 Å². The summed E-state index contributed by atoms with van der Waals surface area (Å²) in [5.41, 5.74) is 1.41. The van der Waals surface area contributed by atoms with E-state index in [1.807, 2.05) is 37.3 Å². The van der Waals surface area contributed by atoms with E-state index in [0.717, 1.165) is 5.56 Å². The summed E-state index contributed by atoms with van der Waals surface area (Å²) in [7, 11) is 0. The zero-order valence-electron chi connectivity index (χ0n) is 13.6. The number of rotatable bonds is 6. The lowest BCUT2D eigenvalue weighted by molar-refractivity contribution is -0.120. The molecule has 2 aromatic heterocycles. The number of amides is 2. The molecule has 0 atom stereocenters. The molecule has 2 amide bonds. The highest BCUT2D eigenvalue weighted by Gasteiger charge is 2.21. The zero-order valence-corrected chi connectivity index (χ0v) is 14.4. The van der Waals surface area contributed by atoms with Gasteiger partial charge in [-0.1, -0.05) is 30.3 Å². The summed E-state index contributed by atoms with van der Waals surface area (Å²) >= 11 is 1.24. The van der Waals surface area contributed by atoms with Crippen LogP contribution in [0, 0.1) is 0 Å². The molecule has 128 valence electrons. The summed E-state index contributed by atoms with van der Waals surface area (Å²) in [5, 5.41) is 5.90. The summed E-state index contributed by atoms with van der Waals surface area (Å²) in [4.78, 5) is 29.2. The van der Waals surface area contributed by atoms with Crippen molar-refractivity contribution in [1.82, 2.24) is 15.6 Å². The summed E-state index contributed by atoms with van der Waals surface area (Å²) in [6.07, 6.45) is 1.56. The normalized spacial score (nSPS) is 10.4. The van der Waals surface area contributed by atoms with Gasteiger partial charge in [0, 0.05) is 12.1 Å². The van der Waals surface area contributed by atoms with Crippen LogP contribution in [0.15, 0.2) is 53.1 Å². The Labute approximate surface area is 148 Å². The molecule has 0 bridgehead atoms.